The molecule has 0 heterocycles. The SMILES string of the molecule is CC(=Cc1ccc(F)cc1F)CNCC(C)C. The maximum absolute atomic E-state index is 13.4. The Morgan fingerprint density at radius 1 is 1.35 bits per heavy atom. The second kappa shape index (κ2) is 6.50. The third kappa shape index (κ3) is 5.09. The lowest BCUT2D eigenvalue weighted by molar-refractivity contribution is 0.571. The fraction of sp³-hybridized carbons (Fsp3) is 0.429. The van der Waals surface area contributed by atoms with E-state index in [4.69, 9.17) is 0 Å². The molecule has 0 aromatic heterocycles. The first-order valence-electron chi connectivity index (χ1n) is 5.82. The summed E-state index contributed by atoms with van der Waals surface area (Å²) in [6, 6.07) is 3.63. The van der Waals surface area contributed by atoms with Crippen LogP contribution < -0.4 is 5.32 Å². The van der Waals surface area contributed by atoms with Crippen LogP contribution >= 0.6 is 0 Å². The number of hydrogen-bond donors (Lipinski definition) is 1. The first-order valence-corrected chi connectivity index (χ1v) is 5.82. The summed E-state index contributed by atoms with van der Waals surface area (Å²) in [5.74, 6) is -0.478. The predicted molar refractivity (Wildman–Crippen MR) is 67.7 cm³/mol. The highest BCUT2D eigenvalue weighted by Gasteiger charge is 2.01. The van der Waals surface area contributed by atoms with Gasteiger partial charge in [-0.1, -0.05) is 25.5 Å². The quantitative estimate of drug-likeness (QED) is 0.827. The molecule has 0 aliphatic rings. The monoisotopic (exact) mass is 239 g/mol. The van der Waals surface area contributed by atoms with Crippen LogP contribution in [0.15, 0.2) is 23.8 Å². The van der Waals surface area contributed by atoms with Gasteiger partial charge in [0.05, 0.1) is 0 Å². The Bertz CT molecular complexity index is 397. The molecule has 94 valence electrons. The van der Waals surface area contributed by atoms with E-state index in [1.165, 1.54) is 12.1 Å². The van der Waals surface area contributed by atoms with Crippen LogP contribution in [0.3, 0.4) is 0 Å². The summed E-state index contributed by atoms with van der Waals surface area (Å²) in [6.07, 6.45) is 1.74. The fourth-order valence-electron chi connectivity index (χ4n) is 1.49. The smallest absolute Gasteiger partial charge is 0.133 e. The van der Waals surface area contributed by atoms with Crippen LogP contribution in [0.25, 0.3) is 6.08 Å². The van der Waals surface area contributed by atoms with Crippen molar-refractivity contribution in [2.45, 2.75) is 20.8 Å². The van der Waals surface area contributed by atoms with Crippen LogP contribution in [0, 0.1) is 17.6 Å². The number of halogens is 2. The van der Waals surface area contributed by atoms with Crippen molar-refractivity contribution in [3.63, 3.8) is 0 Å². The Morgan fingerprint density at radius 2 is 2.06 bits per heavy atom. The number of benzene rings is 1. The third-order valence-electron chi connectivity index (χ3n) is 2.32. The molecule has 1 N–H and O–H groups in total. The van der Waals surface area contributed by atoms with Gasteiger partial charge >= 0.3 is 0 Å². The minimum absolute atomic E-state index is 0.426. The van der Waals surface area contributed by atoms with Crippen molar-refractivity contribution >= 4 is 6.08 Å². The molecule has 0 spiro atoms. The predicted octanol–water partition coefficient (Wildman–Crippen LogP) is 3.61. The van der Waals surface area contributed by atoms with E-state index >= 15 is 0 Å². The molecule has 0 amide bonds. The van der Waals surface area contributed by atoms with Crippen molar-refractivity contribution in [3.05, 3.63) is 41.0 Å². The summed E-state index contributed by atoms with van der Waals surface area (Å²) in [5, 5.41) is 3.27. The normalized spacial score (nSPS) is 12.2. The molecule has 1 aromatic carbocycles. The van der Waals surface area contributed by atoms with Crippen LogP contribution in [0.1, 0.15) is 26.3 Å². The molecule has 0 fully saturated rings. The Labute approximate surface area is 102 Å². The van der Waals surface area contributed by atoms with Gasteiger partial charge in [0.2, 0.25) is 0 Å². The van der Waals surface area contributed by atoms with Gasteiger partial charge in [-0.2, -0.15) is 0 Å². The molecule has 1 aromatic rings. The largest absolute Gasteiger partial charge is 0.313 e. The van der Waals surface area contributed by atoms with E-state index < -0.39 is 11.6 Å². The van der Waals surface area contributed by atoms with E-state index in [1.807, 2.05) is 6.92 Å². The van der Waals surface area contributed by atoms with E-state index in [2.05, 4.69) is 19.2 Å². The van der Waals surface area contributed by atoms with Crippen molar-refractivity contribution in [2.75, 3.05) is 13.1 Å². The van der Waals surface area contributed by atoms with Gasteiger partial charge in [-0.3, -0.25) is 0 Å². The molecule has 1 rings (SSSR count). The van der Waals surface area contributed by atoms with Gasteiger partial charge in [0, 0.05) is 18.2 Å². The van der Waals surface area contributed by atoms with Gasteiger partial charge in [-0.15, -0.1) is 0 Å². The minimum atomic E-state index is -0.546. The van der Waals surface area contributed by atoms with Crippen molar-refractivity contribution in [1.29, 1.82) is 0 Å². The first kappa shape index (κ1) is 13.8. The molecule has 0 radical (unpaired) electrons. The van der Waals surface area contributed by atoms with Gasteiger partial charge in [0.25, 0.3) is 0 Å². The van der Waals surface area contributed by atoms with Crippen LogP contribution in [0.5, 0.6) is 0 Å². The molecule has 0 unspecified atom stereocenters. The summed E-state index contributed by atoms with van der Waals surface area (Å²) in [6.45, 7) is 7.83. The zero-order chi connectivity index (χ0) is 12.8. The van der Waals surface area contributed by atoms with E-state index in [1.54, 1.807) is 6.08 Å². The summed E-state index contributed by atoms with van der Waals surface area (Å²) in [5.41, 5.74) is 1.45. The van der Waals surface area contributed by atoms with Crippen LogP contribution in [0.2, 0.25) is 0 Å². The number of rotatable bonds is 5. The zero-order valence-corrected chi connectivity index (χ0v) is 10.6. The third-order valence-corrected chi connectivity index (χ3v) is 2.32. The zero-order valence-electron chi connectivity index (χ0n) is 10.6. The highest BCUT2D eigenvalue weighted by atomic mass is 19.1. The lowest BCUT2D eigenvalue weighted by Gasteiger charge is -2.07. The van der Waals surface area contributed by atoms with Crippen LogP contribution in [0.4, 0.5) is 8.78 Å². The molecule has 0 bridgehead atoms. The maximum atomic E-state index is 13.4. The summed E-state index contributed by atoms with van der Waals surface area (Å²) in [7, 11) is 0. The Balaban J connectivity index is 2.61. The molecule has 0 aliphatic heterocycles. The molecule has 0 aliphatic carbocycles. The molecule has 0 saturated heterocycles. The topological polar surface area (TPSA) is 12.0 Å². The Morgan fingerprint density at radius 3 is 2.65 bits per heavy atom. The molecule has 1 nitrogen and oxygen atoms in total. The van der Waals surface area contributed by atoms with Gasteiger partial charge in [-0.25, -0.2) is 8.78 Å². The van der Waals surface area contributed by atoms with Crippen molar-refractivity contribution < 1.29 is 8.78 Å². The van der Waals surface area contributed by atoms with E-state index in [0.29, 0.717) is 11.5 Å². The highest BCUT2D eigenvalue weighted by molar-refractivity contribution is 5.53. The average molecular weight is 239 g/mol. The van der Waals surface area contributed by atoms with Crippen molar-refractivity contribution in [3.8, 4) is 0 Å². The minimum Gasteiger partial charge on any atom is -0.313 e. The van der Waals surface area contributed by atoms with Gasteiger partial charge < -0.3 is 5.32 Å². The second-order valence-corrected chi connectivity index (χ2v) is 4.68. The summed E-state index contributed by atoms with van der Waals surface area (Å²) >= 11 is 0. The first-order chi connectivity index (χ1) is 7.99. The Hall–Kier alpha value is -1.22. The molecule has 0 saturated carbocycles. The van der Waals surface area contributed by atoms with E-state index in [-0.39, 0.29) is 0 Å². The summed E-state index contributed by atoms with van der Waals surface area (Å²) in [4.78, 5) is 0. The average Bonchev–Trinajstić information content (AvgIpc) is 2.21. The Kier molecular flexibility index (Phi) is 5.29. The van der Waals surface area contributed by atoms with Gasteiger partial charge in [0.1, 0.15) is 11.6 Å². The number of nitrogens with one attached hydrogen (secondary N) is 1. The van der Waals surface area contributed by atoms with Gasteiger partial charge in [0.15, 0.2) is 0 Å². The van der Waals surface area contributed by atoms with Crippen molar-refractivity contribution in [2.24, 2.45) is 5.92 Å². The molecular formula is C14H19F2N. The van der Waals surface area contributed by atoms with E-state index in [9.17, 15) is 8.78 Å². The number of hydrogen-bond acceptors (Lipinski definition) is 1. The van der Waals surface area contributed by atoms with Gasteiger partial charge in [-0.05, 0) is 31.5 Å². The molecule has 3 heteroatoms. The molecular weight excluding hydrogens is 220 g/mol. The summed E-state index contributed by atoms with van der Waals surface area (Å²) < 4.78 is 26.1. The second-order valence-electron chi connectivity index (χ2n) is 4.68. The lowest BCUT2D eigenvalue weighted by atomic mass is 10.1. The van der Waals surface area contributed by atoms with Crippen LogP contribution in [-0.2, 0) is 0 Å². The van der Waals surface area contributed by atoms with Crippen LogP contribution in [-0.4, -0.2) is 13.1 Å². The standard InChI is InChI=1S/C14H19F2N/c1-10(2)8-17-9-11(3)6-12-4-5-13(15)7-14(12)16/h4-7,10,17H,8-9H2,1-3H3. The fourth-order valence-corrected chi connectivity index (χ4v) is 1.49. The maximum Gasteiger partial charge on any atom is 0.133 e. The van der Waals surface area contributed by atoms with E-state index in [0.717, 1.165) is 24.7 Å². The van der Waals surface area contributed by atoms with Crippen molar-refractivity contribution in [1.82, 2.24) is 5.32 Å². The highest BCUT2D eigenvalue weighted by Crippen LogP contribution is 2.13. The molecule has 17 heavy (non-hydrogen) atoms. The molecule has 0 atom stereocenters. The lowest BCUT2D eigenvalue weighted by Crippen LogP contribution is -2.21.